The van der Waals surface area contributed by atoms with Gasteiger partial charge in [-0.2, -0.15) is 0 Å². The number of carbonyl (C=O) groups is 1. The summed E-state index contributed by atoms with van der Waals surface area (Å²) < 4.78 is 5.02. The first-order valence-corrected chi connectivity index (χ1v) is 5.62. The van der Waals surface area contributed by atoms with Crippen LogP contribution in [0.2, 0.25) is 0 Å². The number of ether oxygens (including phenoxy) is 1. The van der Waals surface area contributed by atoms with E-state index in [1.54, 1.807) is 0 Å². The van der Waals surface area contributed by atoms with Crippen LogP contribution in [0.4, 0.5) is 0 Å². The lowest BCUT2D eigenvalue weighted by molar-refractivity contribution is -0.146. The molecule has 0 saturated carbocycles. The molecular weight excluding hydrogens is 224 g/mol. The SMILES string of the molecule is CCC(C(=O)OCC(CO)(CO)CO)=C(C)C. The standard InChI is InChI=1S/C12H22O5/c1-4-10(9(2)3)11(16)17-8-12(5-13,6-14)7-15/h13-15H,4-8H2,1-3H3. The number of allylic oxidation sites excluding steroid dienone is 1. The molecule has 100 valence electrons. The molecule has 0 amide bonds. The van der Waals surface area contributed by atoms with E-state index in [4.69, 9.17) is 20.1 Å². The van der Waals surface area contributed by atoms with Crippen LogP contribution >= 0.6 is 0 Å². The molecule has 0 aromatic heterocycles. The Morgan fingerprint density at radius 2 is 1.59 bits per heavy atom. The van der Waals surface area contributed by atoms with Gasteiger partial charge >= 0.3 is 5.97 Å². The summed E-state index contributed by atoms with van der Waals surface area (Å²) in [5, 5.41) is 27.2. The number of esters is 1. The van der Waals surface area contributed by atoms with Crippen molar-refractivity contribution in [2.24, 2.45) is 5.41 Å². The number of aliphatic hydroxyl groups excluding tert-OH is 3. The molecule has 0 aromatic rings. The first-order valence-electron chi connectivity index (χ1n) is 5.62. The zero-order valence-corrected chi connectivity index (χ0v) is 10.7. The minimum atomic E-state index is -1.17. The van der Waals surface area contributed by atoms with Gasteiger partial charge in [0.2, 0.25) is 0 Å². The van der Waals surface area contributed by atoms with Gasteiger partial charge in [-0.1, -0.05) is 12.5 Å². The van der Waals surface area contributed by atoms with Crippen molar-refractivity contribution in [2.45, 2.75) is 27.2 Å². The van der Waals surface area contributed by atoms with Crippen LogP contribution in [0.3, 0.4) is 0 Å². The van der Waals surface area contributed by atoms with Gasteiger partial charge in [-0.25, -0.2) is 4.79 Å². The first kappa shape index (κ1) is 16.1. The Bertz CT molecular complexity index is 266. The van der Waals surface area contributed by atoms with Crippen LogP contribution in [0.1, 0.15) is 27.2 Å². The third-order valence-electron chi connectivity index (χ3n) is 2.72. The van der Waals surface area contributed by atoms with Gasteiger partial charge < -0.3 is 20.1 Å². The predicted octanol–water partition coefficient (Wildman–Crippen LogP) is 0.239. The van der Waals surface area contributed by atoms with E-state index in [-0.39, 0.29) is 6.61 Å². The van der Waals surface area contributed by atoms with Gasteiger partial charge in [0.1, 0.15) is 6.61 Å². The second-order valence-corrected chi connectivity index (χ2v) is 4.38. The van der Waals surface area contributed by atoms with Crippen molar-refractivity contribution in [2.75, 3.05) is 26.4 Å². The Hall–Kier alpha value is -0.910. The van der Waals surface area contributed by atoms with Crippen LogP contribution in [0, 0.1) is 5.41 Å². The summed E-state index contributed by atoms with van der Waals surface area (Å²) in [7, 11) is 0. The van der Waals surface area contributed by atoms with E-state index in [1.165, 1.54) is 0 Å². The highest BCUT2D eigenvalue weighted by molar-refractivity contribution is 5.89. The number of hydrogen-bond donors (Lipinski definition) is 3. The zero-order valence-electron chi connectivity index (χ0n) is 10.7. The molecule has 0 saturated heterocycles. The van der Waals surface area contributed by atoms with Crippen molar-refractivity contribution in [3.05, 3.63) is 11.1 Å². The molecule has 5 nitrogen and oxygen atoms in total. The van der Waals surface area contributed by atoms with Gasteiger partial charge in [-0.3, -0.25) is 0 Å². The lowest BCUT2D eigenvalue weighted by Crippen LogP contribution is -2.39. The molecule has 3 N–H and O–H groups in total. The molecular formula is C12H22O5. The highest BCUT2D eigenvalue weighted by Crippen LogP contribution is 2.17. The predicted molar refractivity (Wildman–Crippen MR) is 63.3 cm³/mol. The largest absolute Gasteiger partial charge is 0.461 e. The fourth-order valence-electron chi connectivity index (χ4n) is 1.29. The van der Waals surface area contributed by atoms with E-state index in [0.29, 0.717) is 12.0 Å². The average molecular weight is 246 g/mol. The first-order chi connectivity index (χ1) is 7.96. The fourth-order valence-corrected chi connectivity index (χ4v) is 1.29. The summed E-state index contributed by atoms with van der Waals surface area (Å²) in [6.45, 7) is 3.96. The topological polar surface area (TPSA) is 87.0 Å². The molecule has 0 bridgehead atoms. The summed E-state index contributed by atoms with van der Waals surface area (Å²) in [4.78, 5) is 11.7. The highest BCUT2D eigenvalue weighted by atomic mass is 16.5. The van der Waals surface area contributed by atoms with E-state index < -0.39 is 31.2 Å². The minimum Gasteiger partial charge on any atom is -0.461 e. The van der Waals surface area contributed by atoms with Crippen LogP contribution in [0.25, 0.3) is 0 Å². The monoisotopic (exact) mass is 246 g/mol. The lowest BCUT2D eigenvalue weighted by atomic mass is 9.92. The Kier molecular flexibility index (Phi) is 7.03. The highest BCUT2D eigenvalue weighted by Gasteiger charge is 2.30. The molecule has 5 heteroatoms. The molecule has 17 heavy (non-hydrogen) atoms. The van der Waals surface area contributed by atoms with Crippen LogP contribution in [-0.4, -0.2) is 47.7 Å². The number of aliphatic hydroxyl groups is 3. The molecule has 0 radical (unpaired) electrons. The van der Waals surface area contributed by atoms with Gasteiger partial charge in [0.25, 0.3) is 0 Å². The summed E-state index contributed by atoms with van der Waals surface area (Å²) in [5.74, 6) is -0.466. The van der Waals surface area contributed by atoms with Crippen LogP contribution in [0.15, 0.2) is 11.1 Å². The Morgan fingerprint density at radius 1 is 1.12 bits per heavy atom. The normalized spacial score (nSPS) is 11.2. The number of carbonyl (C=O) groups excluding carboxylic acids is 1. The number of rotatable bonds is 7. The second-order valence-electron chi connectivity index (χ2n) is 4.38. The van der Waals surface area contributed by atoms with Gasteiger partial charge in [0.05, 0.1) is 25.2 Å². The van der Waals surface area contributed by atoms with Crippen LogP contribution < -0.4 is 0 Å². The van der Waals surface area contributed by atoms with E-state index in [9.17, 15) is 4.79 Å². The van der Waals surface area contributed by atoms with Crippen LogP contribution in [0.5, 0.6) is 0 Å². The maximum Gasteiger partial charge on any atom is 0.333 e. The molecule has 0 aliphatic heterocycles. The third kappa shape index (κ3) is 4.46. The Balaban J connectivity index is 4.57. The van der Waals surface area contributed by atoms with E-state index >= 15 is 0 Å². The minimum absolute atomic E-state index is 0.202. The van der Waals surface area contributed by atoms with Crippen molar-refractivity contribution >= 4 is 5.97 Å². The number of hydrogen-bond acceptors (Lipinski definition) is 5. The van der Waals surface area contributed by atoms with E-state index in [0.717, 1.165) is 5.57 Å². The van der Waals surface area contributed by atoms with Crippen molar-refractivity contribution in [1.29, 1.82) is 0 Å². The summed E-state index contributed by atoms with van der Waals surface area (Å²) >= 11 is 0. The Morgan fingerprint density at radius 3 is 1.88 bits per heavy atom. The summed E-state index contributed by atoms with van der Waals surface area (Å²) in [5.41, 5.74) is 0.281. The van der Waals surface area contributed by atoms with Crippen molar-refractivity contribution in [3.8, 4) is 0 Å². The van der Waals surface area contributed by atoms with Gasteiger partial charge in [0.15, 0.2) is 0 Å². The van der Waals surface area contributed by atoms with Crippen molar-refractivity contribution in [1.82, 2.24) is 0 Å². The van der Waals surface area contributed by atoms with Gasteiger partial charge in [-0.15, -0.1) is 0 Å². The van der Waals surface area contributed by atoms with Crippen molar-refractivity contribution < 1.29 is 24.9 Å². The maximum atomic E-state index is 11.7. The maximum absolute atomic E-state index is 11.7. The van der Waals surface area contributed by atoms with E-state index in [2.05, 4.69) is 0 Å². The van der Waals surface area contributed by atoms with E-state index in [1.807, 2.05) is 20.8 Å². The average Bonchev–Trinajstić information content (AvgIpc) is 2.32. The smallest absolute Gasteiger partial charge is 0.333 e. The molecule has 0 rings (SSSR count). The quantitative estimate of drug-likeness (QED) is 0.442. The molecule has 0 fully saturated rings. The molecule has 0 aliphatic rings. The zero-order chi connectivity index (χ0) is 13.5. The molecule has 0 unspecified atom stereocenters. The molecule has 0 aliphatic carbocycles. The lowest BCUT2D eigenvalue weighted by Gasteiger charge is -2.26. The van der Waals surface area contributed by atoms with Crippen molar-refractivity contribution in [3.63, 3.8) is 0 Å². The second kappa shape index (κ2) is 7.42. The molecule has 0 heterocycles. The third-order valence-corrected chi connectivity index (χ3v) is 2.72. The fraction of sp³-hybridized carbons (Fsp3) is 0.750. The molecule has 0 aromatic carbocycles. The molecule has 0 spiro atoms. The summed E-state index contributed by atoms with van der Waals surface area (Å²) in [6.07, 6.45) is 0.561. The van der Waals surface area contributed by atoms with Gasteiger partial charge in [-0.05, 0) is 20.3 Å². The summed E-state index contributed by atoms with van der Waals surface area (Å²) in [6, 6.07) is 0. The Labute approximate surface area is 102 Å². The van der Waals surface area contributed by atoms with Crippen LogP contribution in [-0.2, 0) is 9.53 Å². The van der Waals surface area contributed by atoms with Gasteiger partial charge in [0, 0.05) is 5.57 Å². The molecule has 0 atom stereocenters.